The Morgan fingerprint density at radius 2 is 1.95 bits per heavy atom. The molecule has 1 unspecified atom stereocenters. The number of piperazine rings is 1. The third-order valence-electron chi connectivity index (χ3n) is 9.82. The van der Waals surface area contributed by atoms with Crippen LogP contribution in [0.1, 0.15) is 51.5 Å². The van der Waals surface area contributed by atoms with E-state index in [9.17, 15) is 18.3 Å². The van der Waals surface area contributed by atoms with Crippen molar-refractivity contribution in [2.24, 2.45) is 5.92 Å². The van der Waals surface area contributed by atoms with E-state index in [1.165, 1.54) is 0 Å². The van der Waals surface area contributed by atoms with E-state index in [1.807, 2.05) is 4.90 Å². The number of hydrogen-bond donors (Lipinski definition) is 2. The highest BCUT2D eigenvalue weighted by atomic mass is 35.5. The van der Waals surface area contributed by atoms with Gasteiger partial charge < -0.3 is 20.1 Å². The van der Waals surface area contributed by atoms with E-state index < -0.39 is 45.3 Å². The van der Waals surface area contributed by atoms with Crippen molar-refractivity contribution in [2.75, 3.05) is 37.7 Å². The predicted molar refractivity (Wildman–Crippen MR) is 156 cm³/mol. The smallest absolute Gasteiger partial charge is 0.418 e. The van der Waals surface area contributed by atoms with Gasteiger partial charge in [-0.25, -0.2) is 8.78 Å². The Labute approximate surface area is 256 Å². The van der Waals surface area contributed by atoms with E-state index in [1.54, 1.807) is 0 Å². The molecule has 4 aliphatic heterocycles. The fourth-order valence-corrected chi connectivity index (χ4v) is 8.44. The maximum Gasteiger partial charge on any atom is 0.418 e. The van der Waals surface area contributed by atoms with Crippen LogP contribution in [-0.2, 0) is 6.18 Å². The van der Waals surface area contributed by atoms with Crippen molar-refractivity contribution in [1.82, 2.24) is 20.2 Å². The van der Waals surface area contributed by atoms with Gasteiger partial charge in [-0.15, -0.1) is 0 Å². The summed E-state index contributed by atoms with van der Waals surface area (Å²) < 4.78 is 80.9. The highest BCUT2D eigenvalue weighted by Crippen LogP contribution is 2.47. The van der Waals surface area contributed by atoms with Gasteiger partial charge in [-0.3, -0.25) is 4.90 Å². The molecule has 2 aromatic carbocycles. The lowest BCUT2D eigenvalue weighted by Crippen LogP contribution is -2.58. The van der Waals surface area contributed by atoms with Crippen LogP contribution in [0.15, 0.2) is 18.2 Å². The fourth-order valence-electron chi connectivity index (χ4n) is 8.12. The molecule has 44 heavy (non-hydrogen) atoms. The quantitative estimate of drug-likeness (QED) is 0.308. The second-order valence-corrected chi connectivity index (χ2v) is 13.7. The first-order valence-corrected chi connectivity index (χ1v) is 15.3. The number of aromatic nitrogens is 2. The van der Waals surface area contributed by atoms with Gasteiger partial charge >= 0.3 is 12.2 Å². The van der Waals surface area contributed by atoms with Gasteiger partial charge in [-0.2, -0.15) is 23.1 Å². The van der Waals surface area contributed by atoms with Gasteiger partial charge in [0.25, 0.3) is 0 Å². The molecule has 13 heteroatoms. The van der Waals surface area contributed by atoms with E-state index in [4.69, 9.17) is 16.3 Å². The minimum atomic E-state index is -5.06. The van der Waals surface area contributed by atoms with Crippen LogP contribution in [0.3, 0.4) is 0 Å². The lowest BCUT2D eigenvalue weighted by molar-refractivity contribution is -0.137. The first-order chi connectivity index (χ1) is 20.8. The fraction of sp³-hybridized carbons (Fsp3) is 0.548. The van der Waals surface area contributed by atoms with Crippen molar-refractivity contribution in [3.05, 3.63) is 40.4 Å². The molecule has 5 heterocycles. The normalized spacial score (nSPS) is 28.7. The van der Waals surface area contributed by atoms with E-state index in [-0.39, 0.29) is 46.5 Å². The summed E-state index contributed by atoms with van der Waals surface area (Å²) in [4.78, 5) is 13.4. The monoisotopic (exact) mass is 637 g/mol. The molecule has 0 saturated carbocycles. The SMILES string of the molecule is C[C@H]1CN2CCC[C@@]2(COc2nc(N3CC4CC[C@@](C)(C3)N4)c3cc(F)c(-c4cc(O)cc(Cl)c4C(F)(F)F)c(F)c3n2)C1. The number of phenols is 1. The Kier molecular flexibility index (Phi) is 6.95. The zero-order chi connectivity index (χ0) is 31.2. The largest absolute Gasteiger partial charge is 0.508 e. The summed E-state index contributed by atoms with van der Waals surface area (Å²) in [5.41, 5.74) is -4.16. The first kappa shape index (κ1) is 29.7. The van der Waals surface area contributed by atoms with Gasteiger partial charge in [-0.1, -0.05) is 18.5 Å². The van der Waals surface area contributed by atoms with E-state index in [0.717, 1.165) is 51.3 Å². The molecule has 0 radical (unpaired) electrons. The van der Waals surface area contributed by atoms with Crippen LogP contribution in [0.25, 0.3) is 22.0 Å². The summed E-state index contributed by atoms with van der Waals surface area (Å²) in [5.74, 6) is -2.49. The van der Waals surface area contributed by atoms with Crippen molar-refractivity contribution in [2.45, 2.75) is 69.2 Å². The number of rotatable bonds is 5. The first-order valence-electron chi connectivity index (χ1n) is 15.0. The highest BCUT2D eigenvalue weighted by molar-refractivity contribution is 6.32. The summed E-state index contributed by atoms with van der Waals surface area (Å²) in [6.45, 7) is 7.51. The number of halogens is 6. The van der Waals surface area contributed by atoms with Crippen LogP contribution >= 0.6 is 11.6 Å². The van der Waals surface area contributed by atoms with Crippen LogP contribution in [0.2, 0.25) is 5.02 Å². The van der Waals surface area contributed by atoms with Crippen LogP contribution in [0.5, 0.6) is 11.8 Å². The zero-order valence-corrected chi connectivity index (χ0v) is 25.1. The number of aromatic hydroxyl groups is 1. The third kappa shape index (κ3) is 4.93. The zero-order valence-electron chi connectivity index (χ0n) is 24.4. The molecule has 236 valence electrons. The highest BCUT2D eigenvalue weighted by Gasteiger charge is 2.48. The van der Waals surface area contributed by atoms with Crippen molar-refractivity contribution in [1.29, 1.82) is 0 Å². The molecule has 3 aromatic rings. The summed E-state index contributed by atoms with van der Waals surface area (Å²) in [6.07, 6.45) is -0.291. The molecule has 1 aromatic heterocycles. The van der Waals surface area contributed by atoms with Gasteiger partial charge in [0.2, 0.25) is 0 Å². The van der Waals surface area contributed by atoms with Gasteiger partial charge in [-0.05, 0) is 69.7 Å². The molecule has 4 fully saturated rings. The van der Waals surface area contributed by atoms with Crippen molar-refractivity contribution >= 4 is 28.3 Å². The average Bonchev–Trinajstić information content (AvgIpc) is 3.54. The Morgan fingerprint density at radius 3 is 2.70 bits per heavy atom. The van der Waals surface area contributed by atoms with Crippen LogP contribution in [-0.4, -0.2) is 69.9 Å². The maximum atomic E-state index is 16.5. The van der Waals surface area contributed by atoms with Crippen LogP contribution in [0, 0.1) is 17.6 Å². The number of hydrogen-bond acceptors (Lipinski definition) is 7. The Morgan fingerprint density at radius 1 is 1.16 bits per heavy atom. The molecule has 0 spiro atoms. The van der Waals surface area contributed by atoms with E-state index in [2.05, 4.69) is 34.0 Å². The Balaban J connectivity index is 1.39. The minimum Gasteiger partial charge on any atom is -0.508 e. The van der Waals surface area contributed by atoms with Gasteiger partial charge in [0.05, 0.1) is 21.7 Å². The molecule has 0 aliphatic carbocycles. The van der Waals surface area contributed by atoms with Crippen LogP contribution < -0.4 is 15.0 Å². The number of benzene rings is 2. The number of ether oxygens (including phenoxy) is 1. The van der Waals surface area contributed by atoms with Gasteiger partial charge in [0, 0.05) is 42.2 Å². The van der Waals surface area contributed by atoms with Crippen molar-refractivity contribution in [3.63, 3.8) is 0 Å². The molecule has 7 nitrogen and oxygen atoms in total. The molecule has 7 rings (SSSR count). The number of nitrogens with one attached hydrogen (secondary N) is 1. The summed E-state index contributed by atoms with van der Waals surface area (Å²) >= 11 is 5.86. The molecule has 0 amide bonds. The van der Waals surface area contributed by atoms with Crippen molar-refractivity contribution in [3.8, 4) is 22.9 Å². The predicted octanol–water partition coefficient (Wildman–Crippen LogP) is 6.54. The summed E-state index contributed by atoms with van der Waals surface area (Å²) in [6, 6.07) is 2.34. The minimum absolute atomic E-state index is 0.0240. The number of fused-ring (bicyclic) bond motifs is 4. The topological polar surface area (TPSA) is 73.8 Å². The number of nitrogens with zero attached hydrogens (tertiary/aromatic N) is 4. The second kappa shape index (κ2) is 10.3. The average molecular weight is 638 g/mol. The second-order valence-electron chi connectivity index (χ2n) is 13.3. The molecule has 4 aliphatic rings. The summed E-state index contributed by atoms with van der Waals surface area (Å²) in [5, 5.41) is 12.8. The van der Waals surface area contributed by atoms with Gasteiger partial charge in [0.1, 0.15) is 29.5 Å². The van der Waals surface area contributed by atoms with E-state index in [0.29, 0.717) is 31.1 Å². The number of anilines is 1. The third-order valence-corrected chi connectivity index (χ3v) is 10.1. The molecule has 4 atom stereocenters. The molecule has 2 bridgehead atoms. The van der Waals surface area contributed by atoms with Gasteiger partial charge in [0.15, 0.2) is 5.82 Å². The van der Waals surface area contributed by atoms with Crippen LogP contribution in [0.4, 0.5) is 27.8 Å². The molecular weight excluding hydrogens is 605 g/mol. The molecule has 2 N–H and O–H groups in total. The summed E-state index contributed by atoms with van der Waals surface area (Å²) in [7, 11) is 0. The number of phenolic OH excluding ortho intramolecular Hbond substituents is 1. The lowest BCUT2D eigenvalue weighted by atomic mass is 9.92. The lowest BCUT2D eigenvalue weighted by Gasteiger charge is -2.40. The standard InChI is InChI=1S/C31H33ClF5N5O2/c1-16-11-30(5-3-7-42(30)12-16)15-44-28-38-26-20(27(39-28)41-13-17-4-6-29(2,14-41)40-17)10-22(33)23(25(26)34)19-8-18(43)9-21(32)24(19)31(35,36)37/h8-10,16-17,40,43H,3-7,11-15H2,1-2H3/t16-,17?,29+,30+/m1/s1. The Hall–Kier alpha value is -2.96. The maximum absolute atomic E-state index is 16.5. The Bertz CT molecular complexity index is 1660. The molecular formula is C31H33ClF5N5O2. The molecule has 4 saturated heterocycles. The van der Waals surface area contributed by atoms with Crippen molar-refractivity contribution < 1.29 is 31.8 Å². The number of alkyl halides is 3. The van der Waals surface area contributed by atoms with E-state index >= 15 is 8.78 Å².